The summed E-state index contributed by atoms with van der Waals surface area (Å²) >= 11 is 0. The minimum Gasteiger partial charge on any atom is -0.493 e. The Hall–Kier alpha value is -1.91. The second-order valence-electron chi connectivity index (χ2n) is 5.22. The van der Waals surface area contributed by atoms with Crippen molar-refractivity contribution in [2.24, 2.45) is 5.84 Å². The van der Waals surface area contributed by atoms with Crippen LogP contribution in [0.3, 0.4) is 0 Å². The van der Waals surface area contributed by atoms with Crippen molar-refractivity contribution in [3.63, 3.8) is 0 Å². The number of fused-ring (bicyclic) bond motifs is 1. The van der Waals surface area contributed by atoms with Gasteiger partial charge in [0.1, 0.15) is 5.75 Å². The molecule has 20 heavy (non-hydrogen) atoms. The lowest BCUT2D eigenvalue weighted by Gasteiger charge is -2.20. The van der Waals surface area contributed by atoms with E-state index < -0.39 is 0 Å². The quantitative estimate of drug-likeness (QED) is 0.662. The molecule has 1 aromatic heterocycles. The Kier molecular flexibility index (Phi) is 3.42. The summed E-state index contributed by atoms with van der Waals surface area (Å²) in [6.07, 6.45) is 0.967. The third kappa shape index (κ3) is 2.28. The summed E-state index contributed by atoms with van der Waals surface area (Å²) in [5, 5.41) is 0. The minimum atomic E-state index is -0.0801. The van der Waals surface area contributed by atoms with Crippen LogP contribution in [-0.4, -0.2) is 11.6 Å². The molecule has 0 radical (unpaired) electrons. The highest BCUT2D eigenvalue weighted by Gasteiger charge is 2.23. The smallest absolute Gasteiger partial charge is 0.127 e. The Morgan fingerprint density at radius 1 is 1.25 bits per heavy atom. The highest BCUT2D eigenvalue weighted by atomic mass is 16.5. The van der Waals surface area contributed by atoms with Crippen LogP contribution in [0.15, 0.2) is 30.3 Å². The topological polar surface area (TPSA) is 60.2 Å². The summed E-state index contributed by atoms with van der Waals surface area (Å²) in [4.78, 5) is 4.42. The molecule has 1 aromatic carbocycles. The zero-order valence-electron chi connectivity index (χ0n) is 11.8. The number of nitrogens with one attached hydrogen (secondary N) is 1. The first-order valence-electron chi connectivity index (χ1n) is 6.85. The van der Waals surface area contributed by atoms with Gasteiger partial charge in [-0.15, -0.1) is 0 Å². The molecule has 1 atom stereocenters. The van der Waals surface area contributed by atoms with E-state index in [1.807, 2.05) is 13.8 Å². The van der Waals surface area contributed by atoms with Gasteiger partial charge in [0.25, 0.3) is 0 Å². The maximum absolute atomic E-state index is 5.81. The van der Waals surface area contributed by atoms with Crippen LogP contribution in [0.25, 0.3) is 0 Å². The molecule has 0 saturated heterocycles. The van der Waals surface area contributed by atoms with Gasteiger partial charge in [-0.05, 0) is 37.1 Å². The zero-order chi connectivity index (χ0) is 14.1. The predicted octanol–water partition coefficient (Wildman–Crippen LogP) is 2.19. The number of pyridine rings is 1. The molecule has 104 valence electrons. The average Bonchev–Trinajstić information content (AvgIpc) is 2.87. The van der Waals surface area contributed by atoms with Crippen molar-refractivity contribution >= 4 is 0 Å². The van der Waals surface area contributed by atoms with Crippen LogP contribution < -0.4 is 16.0 Å². The standard InChI is InChI=1S/C16H19N3O/c1-10-8-13(9-11(2)18-10)15(19-17)14-5-3-4-12-6-7-20-16(12)14/h3-5,8-9,15,19H,6-7,17H2,1-2H3. The minimum absolute atomic E-state index is 0.0801. The lowest BCUT2D eigenvalue weighted by atomic mass is 9.96. The van der Waals surface area contributed by atoms with E-state index in [9.17, 15) is 0 Å². The molecule has 0 amide bonds. The number of hydrogen-bond acceptors (Lipinski definition) is 4. The number of hydrogen-bond donors (Lipinski definition) is 2. The number of para-hydroxylation sites is 1. The third-order valence-electron chi connectivity index (χ3n) is 3.66. The van der Waals surface area contributed by atoms with Gasteiger partial charge in [0, 0.05) is 23.4 Å². The first-order chi connectivity index (χ1) is 9.69. The van der Waals surface area contributed by atoms with Crippen LogP contribution in [0.5, 0.6) is 5.75 Å². The summed E-state index contributed by atoms with van der Waals surface area (Å²) in [6.45, 7) is 4.74. The molecule has 3 N–H and O–H groups in total. The van der Waals surface area contributed by atoms with E-state index in [-0.39, 0.29) is 6.04 Å². The highest BCUT2D eigenvalue weighted by molar-refractivity contribution is 5.48. The van der Waals surface area contributed by atoms with Gasteiger partial charge >= 0.3 is 0 Å². The number of aromatic nitrogens is 1. The van der Waals surface area contributed by atoms with Gasteiger partial charge in [0.2, 0.25) is 0 Å². The average molecular weight is 269 g/mol. The lowest BCUT2D eigenvalue weighted by molar-refractivity contribution is 0.350. The number of ether oxygens (including phenoxy) is 1. The SMILES string of the molecule is Cc1cc(C(NN)c2cccc3c2OCC3)cc(C)n1. The van der Waals surface area contributed by atoms with Gasteiger partial charge in [0.05, 0.1) is 12.6 Å². The molecular weight excluding hydrogens is 250 g/mol. The Balaban J connectivity index is 2.08. The van der Waals surface area contributed by atoms with Crippen LogP contribution in [0.2, 0.25) is 0 Å². The monoisotopic (exact) mass is 269 g/mol. The van der Waals surface area contributed by atoms with Crippen molar-refractivity contribution in [1.29, 1.82) is 0 Å². The number of nitrogens with zero attached hydrogens (tertiary/aromatic N) is 1. The van der Waals surface area contributed by atoms with Crippen LogP contribution in [0.1, 0.15) is 34.1 Å². The van der Waals surface area contributed by atoms with Crippen LogP contribution in [-0.2, 0) is 6.42 Å². The predicted molar refractivity (Wildman–Crippen MR) is 78.5 cm³/mol. The first-order valence-corrected chi connectivity index (χ1v) is 6.85. The zero-order valence-corrected chi connectivity index (χ0v) is 11.8. The molecule has 3 rings (SSSR count). The molecule has 1 aliphatic heterocycles. The number of benzene rings is 1. The fourth-order valence-electron chi connectivity index (χ4n) is 2.87. The Morgan fingerprint density at radius 3 is 2.70 bits per heavy atom. The molecule has 0 spiro atoms. The first kappa shape index (κ1) is 13.1. The largest absolute Gasteiger partial charge is 0.493 e. The van der Waals surface area contributed by atoms with Gasteiger partial charge < -0.3 is 4.74 Å². The summed E-state index contributed by atoms with van der Waals surface area (Å²) in [6, 6.07) is 10.3. The second kappa shape index (κ2) is 5.23. The van der Waals surface area contributed by atoms with Crippen LogP contribution in [0, 0.1) is 13.8 Å². The Bertz CT molecular complexity index is 619. The fourth-order valence-corrected chi connectivity index (χ4v) is 2.87. The van der Waals surface area contributed by atoms with Crippen molar-refractivity contribution in [2.45, 2.75) is 26.3 Å². The summed E-state index contributed by atoms with van der Waals surface area (Å²) in [5.74, 6) is 6.78. The molecule has 2 aromatic rings. The van der Waals surface area contributed by atoms with Gasteiger partial charge in [0.15, 0.2) is 0 Å². The Labute approximate surface area is 119 Å². The fraction of sp³-hybridized carbons (Fsp3) is 0.312. The van der Waals surface area contributed by atoms with E-state index in [2.05, 4.69) is 40.7 Å². The van der Waals surface area contributed by atoms with Crippen molar-refractivity contribution in [2.75, 3.05) is 6.61 Å². The highest BCUT2D eigenvalue weighted by Crippen LogP contribution is 2.36. The number of rotatable bonds is 3. The van der Waals surface area contributed by atoms with Crippen LogP contribution >= 0.6 is 0 Å². The molecule has 2 heterocycles. The maximum Gasteiger partial charge on any atom is 0.127 e. The van der Waals surface area contributed by atoms with Crippen molar-refractivity contribution < 1.29 is 4.74 Å². The Morgan fingerprint density at radius 2 is 2.00 bits per heavy atom. The number of nitrogens with two attached hydrogens (primary N) is 1. The molecular formula is C16H19N3O. The van der Waals surface area contributed by atoms with Gasteiger partial charge in [-0.1, -0.05) is 18.2 Å². The molecule has 1 aliphatic rings. The molecule has 4 nitrogen and oxygen atoms in total. The van der Waals surface area contributed by atoms with E-state index >= 15 is 0 Å². The van der Waals surface area contributed by atoms with E-state index in [4.69, 9.17) is 10.6 Å². The van der Waals surface area contributed by atoms with Gasteiger partial charge in [-0.25, -0.2) is 5.43 Å². The molecule has 0 aliphatic carbocycles. The molecule has 0 saturated carbocycles. The van der Waals surface area contributed by atoms with Crippen molar-refractivity contribution in [3.05, 3.63) is 58.4 Å². The number of hydrazine groups is 1. The van der Waals surface area contributed by atoms with E-state index in [1.165, 1.54) is 5.56 Å². The lowest BCUT2D eigenvalue weighted by Crippen LogP contribution is -2.29. The van der Waals surface area contributed by atoms with E-state index in [0.717, 1.165) is 41.3 Å². The molecule has 1 unspecified atom stereocenters. The molecule has 0 fully saturated rings. The number of aryl methyl sites for hydroxylation is 2. The molecule has 0 bridgehead atoms. The summed E-state index contributed by atoms with van der Waals surface area (Å²) < 4.78 is 5.78. The van der Waals surface area contributed by atoms with Gasteiger partial charge in [-0.3, -0.25) is 10.8 Å². The normalized spacial score (nSPS) is 14.8. The maximum atomic E-state index is 5.81. The second-order valence-corrected chi connectivity index (χ2v) is 5.22. The summed E-state index contributed by atoms with van der Waals surface area (Å²) in [7, 11) is 0. The van der Waals surface area contributed by atoms with E-state index in [0.29, 0.717) is 0 Å². The third-order valence-corrected chi connectivity index (χ3v) is 3.66. The van der Waals surface area contributed by atoms with Gasteiger partial charge in [-0.2, -0.15) is 0 Å². The van der Waals surface area contributed by atoms with Crippen molar-refractivity contribution in [1.82, 2.24) is 10.4 Å². The molecule has 4 heteroatoms. The van der Waals surface area contributed by atoms with Crippen LogP contribution in [0.4, 0.5) is 0 Å². The van der Waals surface area contributed by atoms with E-state index in [1.54, 1.807) is 0 Å². The van der Waals surface area contributed by atoms with Crippen molar-refractivity contribution in [3.8, 4) is 5.75 Å². The summed E-state index contributed by atoms with van der Waals surface area (Å²) in [5.41, 5.74) is 8.36.